The molecule has 0 aliphatic rings. The number of carbonyl (C=O) groups is 3. The van der Waals surface area contributed by atoms with Crippen molar-refractivity contribution in [2.24, 2.45) is 0 Å². The van der Waals surface area contributed by atoms with E-state index in [1.54, 1.807) is 24.8 Å². The van der Waals surface area contributed by atoms with Gasteiger partial charge < -0.3 is 46.1 Å². The summed E-state index contributed by atoms with van der Waals surface area (Å²) in [5.41, 5.74) is 3.66. The molecule has 4 rings (SSSR count). The second-order valence-electron chi connectivity index (χ2n) is 6.33. The summed E-state index contributed by atoms with van der Waals surface area (Å²) in [6, 6.07) is 23.2. The summed E-state index contributed by atoms with van der Waals surface area (Å²) >= 11 is 0. The van der Waals surface area contributed by atoms with Crippen LogP contribution in [0.25, 0.3) is 22.8 Å². The summed E-state index contributed by atoms with van der Waals surface area (Å²) < 4.78 is 0. The van der Waals surface area contributed by atoms with Crippen LogP contribution in [0.1, 0.15) is 20.8 Å². The molecule has 0 aliphatic carbocycles. The second kappa shape index (κ2) is 32.3. The van der Waals surface area contributed by atoms with Crippen molar-refractivity contribution >= 4 is 17.9 Å². The van der Waals surface area contributed by atoms with Crippen LogP contribution in [0.15, 0.2) is 97.6 Å². The molecule has 41 heavy (non-hydrogen) atoms. The van der Waals surface area contributed by atoms with Gasteiger partial charge in [-0.1, -0.05) is 24.3 Å². The standard InChI is InChI=1S/2C10H8N2.3C2H4O2.H2O.2O.2V/c2*1-3-7-11-9(5-1)10-6-2-4-8-12-10;3*1-2(3)4;;;;;/h2*1-8H;3*1H3,(H,3,4);1H2;;;;/q;;;;;;2*-2;2*+4/p-4. The number of hydrogen-bond acceptors (Lipinski definition) is 11. The maximum absolute atomic E-state index is 8.89. The summed E-state index contributed by atoms with van der Waals surface area (Å²) in [6.45, 7) is 2.92. The van der Waals surface area contributed by atoms with Crippen LogP contribution in [0.4, 0.5) is 0 Å². The predicted molar refractivity (Wildman–Crippen MR) is 130 cm³/mol. The smallest absolute Gasteiger partial charge is 2.00 e. The van der Waals surface area contributed by atoms with Gasteiger partial charge in [0.15, 0.2) is 0 Å². The second-order valence-corrected chi connectivity index (χ2v) is 6.33. The van der Waals surface area contributed by atoms with E-state index in [0.29, 0.717) is 0 Å². The molecule has 0 spiro atoms. The van der Waals surface area contributed by atoms with Gasteiger partial charge in [-0.05, 0) is 69.3 Å². The van der Waals surface area contributed by atoms with Gasteiger partial charge in [0.25, 0.3) is 0 Å². The van der Waals surface area contributed by atoms with Crippen LogP contribution in [0.2, 0.25) is 0 Å². The third-order valence-corrected chi connectivity index (χ3v) is 3.18. The van der Waals surface area contributed by atoms with E-state index in [4.69, 9.17) is 29.7 Å². The Hall–Kier alpha value is -3.94. The zero-order chi connectivity index (χ0) is 27.2. The van der Waals surface area contributed by atoms with Crippen molar-refractivity contribution in [2.75, 3.05) is 0 Å². The molecule has 0 aliphatic heterocycles. The number of aliphatic carboxylic acids is 3. The van der Waals surface area contributed by atoms with Gasteiger partial charge in [0, 0.05) is 42.7 Å². The molecular weight excluding hydrogens is 614 g/mol. The molecule has 0 unspecified atom stereocenters. The molecule has 214 valence electrons. The van der Waals surface area contributed by atoms with Crippen molar-refractivity contribution in [1.29, 1.82) is 0 Å². The first-order chi connectivity index (χ1) is 17.1. The molecule has 2 radical (unpaired) electrons. The Bertz CT molecular complexity index is 958. The van der Waals surface area contributed by atoms with Gasteiger partial charge in [-0.2, -0.15) is 0 Å². The van der Waals surface area contributed by atoms with Gasteiger partial charge in [-0.15, -0.1) is 0 Å². The normalized spacial score (nSPS) is 7.49. The van der Waals surface area contributed by atoms with Crippen molar-refractivity contribution in [3.63, 3.8) is 0 Å². The molecule has 0 amide bonds. The van der Waals surface area contributed by atoms with Crippen molar-refractivity contribution in [2.45, 2.75) is 20.8 Å². The Kier molecular flexibility index (Phi) is 39.3. The average molecular weight is 640 g/mol. The fraction of sp³-hybridized carbons (Fsp3) is 0.115. The van der Waals surface area contributed by atoms with Gasteiger partial charge in [0.2, 0.25) is 0 Å². The zero-order valence-electron chi connectivity index (χ0n) is 22.1. The van der Waals surface area contributed by atoms with E-state index in [1.165, 1.54) is 0 Å². The number of carbonyl (C=O) groups excluding carboxylic acids is 3. The molecule has 0 saturated carbocycles. The summed E-state index contributed by atoms with van der Waals surface area (Å²) in [4.78, 5) is 43.4. The summed E-state index contributed by atoms with van der Waals surface area (Å²) in [5.74, 6) is -3.25. The SMILES string of the molecule is CC(=O)[O-].CC(=O)[O-].CC(=O)[O-].[O-2].[O-2].[OH-].[V+4].[V+4].c1ccc(-c2ccccn2)nc1.c1ccc(-c2ccccn2)nc1. The maximum atomic E-state index is 8.89. The average Bonchev–Trinajstić information content (AvgIpc) is 2.86. The maximum Gasteiger partial charge on any atom is 4.00 e. The van der Waals surface area contributed by atoms with E-state index in [1.807, 2.05) is 72.8 Å². The van der Waals surface area contributed by atoms with Gasteiger partial charge in [-0.3, -0.25) is 19.9 Å². The Labute approximate surface area is 261 Å². The van der Waals surface area contributed by atoms with Crippen LogP contribution in [0.3, 0.4) is 0 Å². The molecule has 13 nitrogen and oxygen atoms in total. The fourth-order valence-corrected chi connectivity index (χ4v) is 2.06. The molecule has 0 fully saturated rings. The molecule has 4 aromatic heterocycles. The fourth-order valence-electron chi connectivity index (χ4n) is 2.06. The van der Waals surface area contributed by atoms with Crippen molar-refractivity contribution < 1.29 is 83.2 Å². The molecular formula is C26H26N4O9V2. The number of hydrogen-bond donors (Lipinski definition) is 0. The Balaban J connectivity index is -0.0000000997. The van der Waals surface area contributed by atoms with Crippen molar-refractivity contribution in [3.05, 3.63) is 97.6 Å². The molecule has 0 saturated heterocycles. The van der Waals surface area contributed by atoms with E-state index in [-0.39, 0.29) is 53.5 Å². The largest absolute Gasteiger partial charge is 4.00 e. The number of aromatic nitrogens is 4. The van der Waals surface area contributed by atoms with Crippen LogP contribution in [-0.4, -0.2) is 43.3 Å². The molecule has 15 heteroatoms. The number of rotatable bonds is 2. The summed E-state index contributed by atoms with van der Waals surface area (Å²) in [6.07, 6.45) is 7.07. The number of pyridine rings is 4. The van der Waals surface area contributed by atoms with Crippen LogP contribution in [0, 0.1) is 0 Å². The van der Waals surface area contributed by atoms with E-state index < -0.39 is 17.9 Å². The molecule has 4 heterocycles. The monoisotopic (exact) mass is 640 g/mol. The van der Waals surface area contributed by atoms with Crippen molar-refractivity contribution in [1.82, 2.24) is 19.9 Å². The minimum Gasteiger partial charge on any atom is -2.00 e. The topological polar surface area (TPSA) is 259 Å². The van der Waals surface area contributed by atoms with E-state index in [2.05, 4.69) is 19.9 Å². The minimum absolute atomic E-state index is 0. The van der Waals surface area contributed by atoms with Crippen molar-refractivity contribution in [3.8, 4) is 22.8 Å². The first kappa shape index (κ1) is 50.0. The zero-order valence-corrected chi connectivity index (χ0v) is 24.9. The van der Waals surface area contributed by atoms with Crippen LogP contribution >= 0.6 is 0 Å². The van der Waals surface area contributed by atoms with Gasteiger partial charge in [0.1, 0.15) is 0 Å². The Morgan fingerprint density at radius 3 is 0.707 bits per heavy atom. The van der Waals surface area contributed by atoms with Crippen LogP contribution in [0.5, 0.6) is 0 Å². The first-order valence-electron chi connectivity index (χ1n) is 10.3. The first-order valence-corrected chi connectivity index (χ1v) is 10.3. The number of carboxylic acid groups (broad SMARTS) is 3. The number of nitrogens with zero attached hydrogens (tertiary/aromatic N) is 4. The van der Waals surface area contributed by atoms with Crippen LogP contribution < -0.4 is 15.3 Å². The van der Waals surface area contributed by atoms with E-state index in [9.17, 15) is 0 Å². The molecule has 1 N–H and O–H groups in total. The number of carboxylic acids is 3. The summed E-state index contributed by atoms with van der Waals surface area (Å²) in [5, 5.41) is 26.7. The van der Waals surface area contributed by atoms with Gasteiger partial charge in [-0.25, -0.2) is 0 Å². The van der Waals surface area contributed by atoms with Gasteiger partial charge in [0.05, 0.1) is 22.8 Å². The Morgan fingerprint density at radius 2 is 0.610 bits per heavy atom. The minimum atomic E-state index is -1.08. The molecule has 0 aromatic carbocycles. The summed E-state index contributed by atoms with van der Waals surface area (Å²) in [7, 11) is 0. The Morgan fingerprint density at radius 1 is 0.463 bits per heavy atom. The van der Waals surface area contributed by atoms with Gasteiger partial charge >= 0.3 is 37.1 Å². The molecule has 4 aromatic rings. The quantitative estimate of drug-likeness (QED) is 0.284. The third kappa shape index (κ3) is 32.2. The predicted octanol–water partition coefficient (Wildman–Crippen LogP) is 0.136. The van der Waals surface area contributed by atoms with Crippen LogP contribution in [-0.2, 0) is 62.4 Å². The molecule has 0 bridgehead atoms. The van der Waals surface area contributed by atoms with E-state index >= 15 is 0 Å². The van der Waals surface area contributed by atoms with E-state index in [0.717, 1.165) is 43.5 Å². The molecule has 0 atom stereocenters. The third-order valence-electron chi connectivity index (χ3n) is 3.18.